The third-order valence-electron chi connectivity index (χ3n) is 3.04. The van der Waals surface area contributed by atoms with Crippen molar-refractivity contribution in [1.82, 2.24) is 9.55 Å². The predicted octanol–water partition coefficient (Wildman–Crippen LogP) is 3.90. The normalized spacial score (nSPS) is 11.6. The first kappa shape index (κ1) is 14.2. The summed E-state index contributed by atoms with van der Waals surface area (Å²) in [4.78, 5) is 3.07. The average Bonchev–Trinajstić information content (AvgIpc) is 2.65. The molecule has 0 bridgehead atoms. The minimum Gasteiger partial charge on any atom is -0.380 e. The molecule has 0 atom stereocenters. The van der Waals surface area contributed by atoms with E-state index in [1.54, 1.807) is 6.07 Å². The molecule has 0 amide bonds. The van der Waals surface area contributed by atoms with Crippen LogP contribution >= 0.6 is 12.2 Å². The van der Waals surface area contributed by atoms with Crippen LogP contribution < -0.4 is 0 Å². The Morgan fingerprint density at radius 3 is 2.89 bits per heavy atom. The Labute approximate surface area is 117 Å². The lowest BCUT2D eigenvalue weighted by atomic mass is 10.1. The lowest BCUT2D eigenvalue weighted by molar-refractivity contribution is 0.116. The number of nitrogens with one attached hydrogen (secondary N) is 1. The second kappa shape index (κ2) is 6.30. The average molecular weight is 282 g/mol. The number of benzene rings is 1. The van der Waals surface area contributed by atoms with Gasteiger partial charge < -0.3 is 14.3 Å². The number of halogens is 1. The van der Waals surface area contributed by atoms with E-state index in [-0.39, 0.29) is 5.82 Å². The topological polar surface area (TPSA) is 29.9 Å². The Balaban J connectivity index is 2.02. The molecule has 1 aromatic heterocycles. The lowest BCUT2D eigenvalue weighted by Gasteiger charge is -2.07. The number of hydrogen-bond donors (Lipinski definition) is 1. The largest absolute Gasteiger partial charge is 0.380 e. The molecule has 5 heteroatoms. The molecule has 0 radical (unpaired) electrons. The molecule has 3 nitrogen and oxygen atoms in total. The van der Waals surface area contributed by atoms with Gasteiger partial charge in [-0.15, -0.1) is 0 Å². The number of aromatic amines is 1. The summed E-state index contributed by atoms with van der Waals surface area (Å²) in [7, 11) is 0. The molecule has 1 heterocycles. The van der Waals surface area contributed by atoms with Crippen molar-refractivity contribution in [2.45, 2.75) is 26.8 Å². The Morgan fingerprint density at radius 2 is 2.16 bits per heavy atom. The zero-order chi connectivity index (χ0) is 13.8. The highest BCUT2D eigenvalue weighted by atomic mass is 32.1. The van der Waals surface area contributed by atoms with Crippen LogP contribution in [0.2, 0.25) is 0 Å². The molecule has 0 fully saturated rings. The van der Waals surface area contributed by atoms with Crippen LogP contribution in [-0.2, 0) is 11.3 Å². The zero-order valence-electron chi connectivity index (χ0n) is 11.3. The van der Waals surface area contributed by atoms with Crippen molar-refractivity contribution in [2.24, 2.45) is 5.92 Å². The smallest absolute Gasteiger partial charge is 0.178 e. The van der Waals surface area contributed by atoms with Crippen molar-refractivity contribution in [3.05, 3.63) is 28.8 Å². The van der Waals surface area contributed by atoms with Gasteiger partial charge in [-0.05, 0) is 42.8 Å². The Bertz CT molecular complexity index is 603. The molecule has 0 unspecified atom stereocenters. The SMILES string of the molecule is CC(C)CCOCCn1c(=S)[nH]c2ccc(F)cc21. The number of nitrogens with zero attached hydrogens (tertiary/aromatic N) is 1. The van der Waals surface area contributed by atoms with E-state index in [1.807, 2.05) is 4.57 Å². The van der Waals surface area contributed by atoms with Crippen LogP contribution in [0, 0.1) is 16.5 Å². The number of hydrogen-bond acceptors (Lipinski definition) is 2. The summed E-state index contributed by atoms with van der Waals surface area (Å²) >= 11 is 5.25. The fraction of sp³-hybridized carbons (Fsp3) is 0.500. The number of ether oxygens (including phenoxy) is 1. The Hall–Kier alpha value is -1.20. The first-order valence-electron chi connectivity index (χ1n) is 6.53. The molecule has 1 N–H and O–H groups in total. The van der Waals surface area contributed by atoms with Crippen LogP contribution in [0.3, 0.4) is 0 Å². The first-order chi connectivity index (χ1) is 9.08. The van der Waals surface area contributed by atoms with Crippen LogP contribution in [0.25, 0.3) is 11.0 Å². The van der Waals surface area contributed by atoms with E-state index in [2.05, 4.69) is 18.8 Å². The summed E-state index contributed by atoms with van der Waals surface area (Å²) in [6, 6.07) is 4.63. The summed E-state index contributed by atoms with van der Waals surface area (Å²) < 4.78 is 21.3. The van der Waals surface area contributed by atoms with Gasteiger partial charge in [0.05, 0.1) is 17.6 Å². The van der Waals surface area contributed by atoms with Gasteiger partial charge in [-0.1, -0.05) is 13.8 Å². The molecule has 104 valence electrons. The van der Waals surface area contributed by atoms with Crippen LogP contribution in [0.15, 0.2) is 18.2 Å². The molecule has 0 saturated heterocycles. The molecule has 19 heavy (non-hydrogen) atoms. The van der Waals surface area contributed by atoms with E-state index in [0.717, 1.165) is 24.1 Å². The maximum atomic E-state index is 13.3. The van der Waals surface area contributed by atoms with Crippen LogP contribution in [0.1, 0.15) is 20.3 Å². The zero-order valence-corrected chi connectivity index (χ0v) is 12.1. The fourth-order valence-corrected chi connectivity index (χ4v) is 2.22. The second-order valence-electron chi connectivity index (χ2n) is 5.04. The van der Waals surface area contributed by atoms with Gasteiger partial charge in [0.2, 0.25) is 0 Å². The third kappa shape index (κ3) is 3.64. The minimum atomic E-state index is -0.254. The molecular weight excluding hydrogens is 263 g/mol. The highest BCUT2D eigenvalue weighted by molar-refractivity contribution is 7.71. The number of aromatic nitrogens is 2. The number of imidazole rings is 1. The molecule has 0 aliphatic heterocycles. The van der Waals surface area contributed by atoms with E-state index >= 15 is 0 Å². The highest BCUT2D eigenvalue weighted by Crippen LogP contribution is 2.15. The van der Waals surface area contributed by atoms with Crippen molar-refractivity contribution >= 4 is 23.3 Å². The summed E-state index contributed by atoms with van der Waals surface area (Å²) in [5.74, 6) is 0.389. The monoisotopic (exact) mass is 282 g/mol. The fourth-order valence-electron chi connectivity index (χ4n) is 1.92. The Morgan fingerprint density at radius 1 is 1.37 bits per heavy atom. The molecule has 1 aromatic carbocycles. The van der Waals surface area contributed by atoms with Gasteiger partial charge in [0.1, 0.15) is 5.82 Å². The number of fused-ring (bicyclic) bond motifs is 1. The Kier molecular flexibility index (Phi) is 4.71. The van der Waals surface area contributed by atoms with Gasteiger partial charge in [-0.25, -0.2) is 4.39 Å². The quantitative estimate of drug-likeness (QED) is 0.643. The number of H-pyrrole nitrogens is 1. The van der Waals surface area contributed by atoms with Gasteiger partial charge in [0, 0.05) is 13.2 Å². The standard InChI is InChI=1S/C14H19FN2OS/c1-10(2)5-7-18-8-6-17-13-9-11(15)3-4-12(13)16-14(17)19/h3-4,9-10H,5-8H2,1-2H3,(H,16,19). The van der Waals surface area contributed by atoms with Gasteiger partial charge in [0.15, 0.2) is 4.77 Å². The van der Waals surface area contributed by atoms with Gasteiger partial charge in [0.25, 0.3) is 0 Å². The van der Waals surface area contributed by atoms with Crippen molar-refractivity contribution < 1.29 is 9.13 Å². The lowest BCUT2D eigenvalue weighted by Crippen LogP contribution is -2.08. The summed E-state index contributed by atoms with van der Waals surface area (Å²) in [6.45, 7) is 6.32. The predicted molar refractivity (Wildman–Crippen MR) is 77.4 cm³/mol. The summed E-state index contributed by atoms with van der Waals surface area (Å²) in [6.07, 6.45) is 1.05. The molecule has 2 aromatic rings. The maximum Gasteiger partial charge on any atom is 0.178 e. The van der Waals surface area contributed by atoms with Crippen LogP contribution in [0.5, 0.6) is 0 Å². The van der Waals surface area contributed by atoms with Gasteiger partial charge >= 0.3 is 0 Å². The van der Waals surface area contributed by atoms with E-state index in [0.29, 0.717) is 23.8 Å². The summed E-state index contributed by atoms with van der Waals surface area (Å²) in [5, 5.41) is 0. The maximum absolute atomic E-state index is 13.3. The molecule has 0 saturated carbocycles. The summed E-state index contributed by atoms with van der Waals surface area (Å²) in [5.41, 5.74) is 1.64. The van der Waals surface area contributed by atoms with Crippen molar-refractivity contribution in [3.63, 3.8) is 0 Å². The molecule has 2 rings (SSSR count). The molecule has 0 aliphatic carbocycles. The first-order valence-corrected chi connectivity index (χ1v) is 6.94. The van der Waals surface area contributed by atoms with E-state index in [4.69, 9.17) is 17.0 Å². The van der Waals surface area contributed by atoms with Crippen molar-refractivity contribution in [2.75, 3.05) is 13.2 Å². The third-order valence-corrected chi connectivity index (χ3v) is 3.36. The van der Waals surface area contributed by atoms with Crippen molar-refractivity contribution in [3.8, 4) is 0 Å². The van der Waals surface area contributed by atoms with Gasteiger partial charge in [-0.2, -0.15) is 0 Å². The van der Waals surface area contributed by atoms with Crippen LogP contribution in [0.4, 0.5) is 4.39 Å². The molecular formula is C14H19FN2OS. The van der Waals surface area contributed by atoms with Crippen molar-refractivity contribution in [1.29, 1.82) is 0 Å². The molecule has 0 aliphatic rings. The van der Waals surface area contributed by atoms with E-state index < -0.39 is 0 Å². The van der Waals surface area contributed by atoms with E-state index in [9.17, 15) is 4.39 Å². The second-order valence-corrected chi connectivity index (χ2v) is 5.42. The number of rotatable bonds is 6. The van der Waals surface area contributed by atoms with Crippen LogP contribution in [-0.4, -0.2) is 22.8 Å². The van der Waals surface area contributed by atoms with Gasteiger partial charge in [-0.3, -0.25) is 0 Å². The van der Waals surface area contributed by atoms with E-state index in [1.165, 1.54) is 12.1 Å². The minimum absolute atomic E-state index is 0.254. The highest BCUT2D eigenvalue weighted by Gasteiger charge is 2.05. The molecule has 0 spiro atoms.